The lowest BCUT2D eigenvalue weighted by Gasteiger charge is -2.07. The van der Waals surface area contributed by atoms with Crippen molar-refractivity contribution in [2.75, 3.05) is 11.9 Å². The normalized spacial score (nSPS) is 11.3. The molecule has 2 N–H and O–H groups in total. The number of nitrogens with one attached hydrogen (secondary N) is 2. The topological polar surface area (TPSA) is 101 Å². The third-order valence-corrected chi connectivity index (χ3v) is 6.17. The van der Waals surface area contributed by atoms with Crippen LogP contribution in [0.2, 0.25) is 0 Å². The van der Waals surface area contributed by atoms with Gasteiger partial charge in [-0.1, -0.05) is 24.3 Å². The molecule has 0 spiro atoms. The number of carbonyl (C=O) groups excluding carboxylic acids is 1. The number of oxazole rings is 1. The third kappa shape index (κ3) is 5.86. The van der Waals surface area contributed by atoms with E-state index in [0.29, 0.717) is 28.6 Å². The Morgan fingerprint density at radius 3 is 2.69 bits per heavy atom. The van der Waals surface area contributed by atoms with Gasteiger partial charge in [-0.3, -0.25) is 4.79 Å². The zero-order chi connectivity index (χ0) is 20.9. The minimum Gasteiger partial charge on any atom is -0.440 e. The first kappa shape index (κ1) is 21.0. The van der Waals surface area contributed by atoms with Gasteiger partial charge in [-0.25, -0.2) is 18.1 Å². The first-order valence-corrected chi connectivity index (χ1v) is 11.4. The van der Waals surface area contributed by atoms with E-state index >= 15 is 0 Å². The molecule has 0 aliphatic heterocycles. The van der Waals surface area contributed by atoms with Gasteiger partial charge >= 0.3 is 0 Å². The second-order valence-electron chi connectivity index (χ2n) is 6.32. The van der Waals surface area contributed by atoms with Crippen molar-refractivity contribution in [3.05, 3.63) is 71.5 Å². The van der Waals surface area contributed by atoms with Crippen molar-refractivity contribution in [2.45, 2.75) is 19.1 Å². The van der Waals surface area contributed by atoms with E-state index in [4.69, 9.17) is 4.42 Å². The van der Waals surface area contributed by atoms with Crippen LogP contribution in [0.15, 0.2) is 58.9 Å². The zero-order valence-electron chi connectivity index (χ0n) is 15.8. The lowest BCUT2D eigenvalue weighted by Crippen LogP contribution is -2.25. The Balaban J connectivity index is 1.59. The summed E-state index contributed by atoms with van der Waals surface area (Å²) < 4.78 is 31.9. The summed E-state index contributed by atoms with van der Waals surface area (Å²) in [4.78, 5) is 17.7. The van der Waals surface area contributed by atoms with Gasteiger partial charge in [0.25, 0.3) is 0 Å². The monoisotopic (exact) mass is 431 g/mol. The standard InChI is InChI=1S/C20H21N3O4S2/c1-3-10-21-29(25,26)13-15-6-8-16(9-7-15)22-19(24)12-17-14(2)27-20(23-17)18-5-4-11-28-18/h3-9,11,21H,1,10,12-13H2,2H3,(H,22,24). The van der Waals surface area contributed by atoms with Crippen molar-refractivity contribution in [1.29, 1.82) is 0 Å². The van der Waals surface area contributed by atoms with E-state index < -0.39 is 10.0 Å². The minimum atomic E-state index is -3.42. The summed E-state index contributed by atoms with van der Waals surface area (Å²) in [6.07, 6.45) is 1.57. The Morgan fingerprint density at radius 2 is 2.03 bits per heavy atom. The molecule has 1 amide bonds. The molecule has 0 bridgehead atoms. The van der Waals surface area contributed by atoms with E-state index in [1.807, 2.05) is 17.5 Å². The summed E-state index contributed by atoms with van der Waals surface area (Å²) in [6.45, 7) is 5.45. The van der Waals surface area contributed by atoms with Gasteiger partial charge < -0.3 is 9.73 Å². The van der Waals surface area contributed by atoms with Crippen LogP contribution in [0.1, 0.15) is 17.0 Å². The van der Waals surface area contributed by atoms with Crippen molar-refractivity contribution in [3.8, 4) is 10.8 Å². The first-order valence-electron chi connectivity index (χ1n) is 8.83. The number of carbonyl (C=O) groups is 1. The Bertz CT molecular complexity index is 1090. The molecule has 3 rings (SSSR count). The number of benzene rings is 1. The Labute approximate surface area is 173 Å². The highest BCUT2D eigenvalue weighted by atomic mass is 32.2. The number of aromatic nitrogens is 1. The molecule has 2 heterocycles. The number of sulfonamides is 1. The molecular formula is C20H21N3O4S2. The highest BCUT2D eigenvalue weighted by Crippen LogP contribution is 2.26. The minimum absolute atomic E-state index is 0.0856. The quantitative estimate of drug-likeness (QED) is 0.505. The van der Waals surface area contributed by atoms with Crippen molar-refractivity contribution in [1.82, 2.24) is 9.71 Å². The van der Waals surface area contributed by atoms with Crippen molar-refractivity contribution in [2.24, 2.45) is 0 Å². The number of nitrogens with zero attached hydrogens (tertiary/aromatic N) is 1. The van der Waals surface area contributed by atoms with Gasteiger partial charge in [0.1, 0.15) is 5.76 Å². The van der Waals surface area contributed by atoms with E-state index in [-0.39, 0.29) is 24.6 Å². The number of thiophene rings is 1. The van der Waals surface area contributed by atoms with Gasteiger partial charge in [0.15, 0.2) is 0 Å². The number of hydrogen-bond acceptors (Lipinski definition) is 6. The molecule has 7 nitrogen and oxygen atoms in total. The van der Waals surface area contributed by atoms with Crippen LogP contribution in [0.4, 0.5) is 5.69 Å². The molecule has 0 aliphatic rings. The van der Waals surface area contributed by atoms with Crippen LogP contribution in [0.5, 0.6) is 0 Å². The molecular weight excluding hydrogens is 410 g/mol. The van der Waals surface area contributed by atoms with E-state index in [0.717, 1.165) is 4.88 Å². The Hall–Kier alpha value is -2.75. The van der Waals surface area contributed by atoms with Crippen LogP contribution in [0.25, 0.3) is 10.8 Å². The SMILES string of the molecule is C=CCNS(=O)(=O)Cc1ccc(NC(=O)Cc2nc(-c3cccs3)oc2C)cc1. The van der Waals surface area contributed by atoms with Crippen LogP contribution >= 0.6 is 11.3 Å². The smallest absolute Gasteiger partial charge is 0.236 e. The van der Waals surface area contributed by atoms with Crippen molar-refractivity contribution in [3.63, 3.8) is 0 Å². The highest BCUT2D eigenvalue weighted by molar-refractivity contribution is 7.88. The van der Waals surface area contributed by atoms with Gasteiger partial charge in [-0.05, 0) is 36.1 Å². The molecule has 0 radical (unpaired) electrons. The van der Waals surface area contributed by atoms with Crippen LogP contribution in [-0.4, -0.2) is 25.9 Å². The second kappa shape index (κ2) is 9.17. The van der Waals surface area contributed by atoms with Crippen LogP contribution in [0.3, 0.4) is 0 Å². The van der Waals surface area contributed by atoms with E-state index in [9.17, 15) is 13.2 Å². The molecule has 29 heavy (non-hydrogen) atoms. The number of rotatable bonds is 9. The molecule has 2 aromatic heterocycles. The van der Waals surface area contributed by atoms with E-state index in [1.54, 1.807) is 31.2 Å². The van der Waals surface area contributed by atoms with Crippen molar-refractivity contribution >= 4 is 33.0 Å². The maximum absolute atomic E-state index is 12.4. The van der Waals surface area contributed by atoms with E-state index in [1.165, 1.54) is 17.4 Å². The highest BCUT2D eigenvalue weighted by Gasteiger charge is 2.16. The summed E-state index contributed by atoms with van der Waals surface area (Å²) >= 11 is 1.52. The fraction of sp³-hybridized carbons (Fsp3) is 0.200. The molecule has 0 aliphatic carbocycles. The van der Waals surface area contributed by atoms with Crippen LogP contribution < -0.4 is 10.0 Å². The summed E-state index contributed by atoms with van der Waals surface area (Å²) in [5.41, 5.74) is 1.78. The second-order valence-corrected chi connectivity index (χ2v) is 9.07. The zero-order valence-corrected chi connectivity index (χ0v) is 17.5. The third-order valence-electron chi connectivity index (χ3n) is 3.99. The van der Waals surface area contributed by atoms with E-state index in [2.05, 4.69) is 21.6 Å². The summed E-state index contributed by atoms with van der Waals surface area (Å²) in [6, 6.07) is 10.5. The molecule has 0 atom stereocenters. The summed E-state index contributed by atoms with van der Waals surface area (Å²) in [7, 11) is -3.42. The predicted octanol–water partition coefficient (Wildman–Crippen LogP) is 3.50. The van der Waals surface area contributed by atoms with Gasteiger partial charge in [0.2, 0.25) is 21.8 Å². The maximum Gasteiger partial charge on any atom is 0.236 e. The predicted molar refractivity (Wildman–Crippen MR) is 114 cm³/mol. The molecule has 152 valence electrons. The summed E-state index contributed by atoms with van der Waals surface area (Å²) in [5.74, 6) is 0.748. The van der Waals surface area contributed by atoms with Crippen molar-refractivity contribution < 1.29 is 17.6 Å². The largest absolute Gasteiger partial charge is 0.440 e. The van der Waals surface area contributed by atoms with Gasteiger partial charge in [-0.15, -0.1) is 17.9 Å². The Morgan fingerprint density at radius 1 is 1.28 bits per heavy atom. The average molecular weight is 432 g/mol. The maximum atomic E-state index is 12.4. The van der Waals surface area contributed by atoms with Gasteiger partial charge in [-0.2, -0.15) is 0 Å². The van der Waals surface area contributed by atoms with Crippen LogP contribution in [-0.2, 0) is 27.0 Å². The molecule has 0 saturated heterocycles. The number of amides is 1. The summed E-state index contributed by atoms with van der Waals surface area (Å²) in [5, 5.41) is 4.73. The fourth-order valence-corrected chi connectivity index (χ4v) is 4.35. The molecule has 3 aromatic rings. The number of hydrogen-bond donors (Lipinski definition) is 2. The number of aryl methyl sites for hydroxylation is 1. The molecule has 0 unspecified atom stereocenters. The fourth-order valence-electron chi connectivity index (χ4n) is 2.60. The molecule has 0 fully saturated rings. The van der Waals surface area contributed by atoms with Crippen LogP contribution in [0, 0.1) is 6.92 Å². The first-order chi connectivity index (χ1) is 13.9. The van der Waals surface area contributed by atoms with Gasteiger partial charge in [0.05, 0.1) is 22.7 Å². The average Bonchev–Trinajstić information content (AvgIpc) is 3.32. The lowest BCUT2D eigenvalue weighted by molar-refractivity contribution is -0.115. The Kier molecular flexibility index (Phi) is 6.63. The molecule has 9 heteroatoms. The molecule has 0 saturated carbocycles. The number of anilines is 1. The lowest BCUT2D eigenvalue weighted by atomic mass is 10.2. The van der Waals surface area contributed by atoms with Gasteiger partial charge in [0, 0.05) is 12.2 Å². The molecule has 1 aromatic carbocycles.